The summed E-state index contributed by atoms with van der Waals surface area (Å²) in [6.45, 7) is 8.95. The maximum absolute atomic E-state index is 6.01. The Morgan fingerprint density at radius 3 is 2.25 bits per heavy atom. The molecule has 2 nitrogen and oxygen atoms in total. The fourth-order valence-electron chi connectivity index (χ4n) is 2.58. The number of hydrogen-bond donors (Lipinski definition) is 1. The minimum absolute atomic E-state index is 0.0218. The number of para-hydroxylation sites is 1. The van der Waals surface area contributed by atoms with Gasteiger partial charge < -0.3 is 10.5 Å². The molecule has 1 atom stereocenters. The first-order valence-electron chi connectivity index (χ1n) is 7.03. The van der Waals surface area contributed by atoms with Crippen LogP contribution in [0.2, 0.25) is 0 Å². The smallest absolute Gasteiger partial charge is 0.124 e. The van der Waals surface area contributed by atoms with Crippen molar-refractivity contribution >= 4 is 0 Å². The molecule has 0 radical (unpaired) electrons. The van der Waals surface area contributed by atoms with Crippen LogP contribution in [-0.4, -0.2) is 0 Å². The lowest BCUT2D eigenvalue weighted by Crippen LogP contribution is -2.08. The molecule has 2 rings (SSSR count). The van der Waals surface area contributed by atoms with E-state index in [0.717, 1.165) is 11.3 Å². The first kappa shape index (κ1) is 14.6. The van der Waals surface area contributed by atoms with Crippen LogP contribution in [-0.2, 0) is 6.61 Å². The molecule has 2 N–H and O–H groups in total. The molecule has 20 heavy (non-hydrogen) atoms. The van der Waals surface area contributed by atoms with Gasteiger partial charge in [-0.3, -0.25) is 0 Å². The zero-order valence-corrected chi connectivity index (χ0v) is 12.7. The topological polar surface area (TPSA) is 35.2 Å². The molecule has 0 aliphatic rings. The van der Waals surface area contributed by atoms with Crippen molar-refractivity contribution in [3.8, 4) is 5.75 Å². The van der Waals surface area contributed by atoms with Crippen LogP contribution in [0.4, 0.5) is 0 Å². The van der Waals surface area contributed by atoms with Crippen molar-refractivity contribution in [1.82, 2.24) is 0 Å². The van der Waals surface area contributed by atoms with Crippen LogP contribution in [0.5, 0.6) is 5.75 Å². The molecule has 106 valence electrons. The Balaban J connectivity index is 2.22. The second-order valence-electron chi connectivity index (χ2n) is 5.49. The van der Waals surface area contributed by atoms with Crippen LogP contribution in [0.1, 0.15) is 40.8 Å². The summed E-state index contributed by atoms with van der Waals surface area (Å²) in [5, 5.41) is 0. The molecule has 0 heterocycles. The lowest BCUT2D eigenvalue weighted by Gasteiger charge is -2.16. The second kappa shape index (κ2) is 6.10. The van der Waals surface area contributed by atoms with Crippen LogP contribution in [0.15, 0.2) is 36.4 Å². The van der Waals surface area contributed by atoms with Crippen molar-refractivity contribution in [3.63, 3.8) is 0 Å². The van der Waals surface area contributed by atoms with Gasteiger partial charge in [-0.15, -0.1) is 0 Å². The molecule has 0 fully saturated rings. The monoisotopic (exact) mass is 269 g/mol. The van der Waals surface area contributed by atoms with E-state index in [2.05, 4.69) is 32.9 Å². The van der Waals surface area contributed by atoms with E-state index >= 15 is 0 Å². The van der Waals surface area contributed by atoms with E-state index in [9.17, 15) is 0 Å². The molecule has 1 unspecified atom stereocenters. The summed E-state index contributed by atoms with van der Waals surface area (Å²) < 4.78 is 6.01. The Kier molecular flexibility index (Phi) is 4.46. The number of aryl methyl sites for hydroxylation is 3. The number of rotatable bonds is 4. The Hall–Kier alpha value is -1.80. The van der Waals surface area contributed by atoms with Crippen LogP contribution in [0, 0.1) is 20.8 Å². The zero-order chi connectivity index (χ0) is 14.7. The van der Waals surface area contributed by atoms with E-state index in [1.54, 1.807) is 0 Å². The van der Waals surface area contributed by atoms with E-state index in [0.29, 0.717) is 6.61 Å². The lowest BCUT2D eigenvalue weighted by molar-refractivity contribution is 0.300. The number of nitrogens with two attached hydrogens (primary N) is 1. The van der Waals surface area contributed by atoms with Gasteiger partial charge in [0.1, 0.15) is 12.4 Å². The summed E-state index contributed by atoms with van der Waals surface area (Å²) >= 11 is 0. The molecule has 0 aliphatic carbocycles. The summed E-state index contributed by atoms with van der Waals surface area (Å²) in [5.74, 6) is 0.877. The van der Waals surface area contributed by atoms with Gasteiger partial charge in [0, 0.05) is 11.6 Å². The highest BCUT2D eigenvalue weighted by molar-refractivity contribution is 5.39. The highest BCUT2D eigenvalue weighted by Crippen LogP contribution is 2.25. The van der Waals surface area contributed by atoms with E-state index in [4.69, 9.17) is 10.5 Å². The summed E-state index contributed by atoms with van der Waals surface area (Å²) in [4.78, 5) is 0. The van der Waals surface area contributed by atoms with Crippen molar-refractivity contribution in [2.75, 3.05) is 0 Å². The minimum atomic E-state index is -0.0218. The van der Waals surface area contributed by atoms with Crippen LogP contribution in [0.3, 0.4) is 0 Å². The first-order chi connectivity index (χ1) is 9.49. The van der Waals surface area contributed by atoms with Crippen molar-refractivity contribution in [1.29, 1.82) is 0 Å². The molecular formula is C18H23NO. The fraction of sp³-hybridized carbons (Fsp3) is 0.333. The van der Waals surface area contributed by atoms with Crippen LogP contribution in [0.25, 0.3) is 0 Å². The van der Waals surface area contributed by atoms with Gasteiger partial charge >= 0.3 is 0 Å². The lowest BCUT2D eigenvalue weighted by atomic mass is 10.0. The summed E-state index contributed by atoms with van der Waals surface area (Å²) in [5.41, 5.74) is 12.1. The van der Waals surface area contributed by atoms with E-state index < -0.39 is 0 Å². The quantitative estimate of drug-likeness (QED) is 0.902. The predicted molar refractivity (Wildman–Crippen MR) is 84.0 cm³/mol. The van der Waals surface area contributed by atoms with Crippen LogP contribution < -0.4 is 10.5 Å². The molecule has 0 saturated carbocycles. The maximum atomic E-state index is 6.01. The predicted octanol–water partition coefficient (Wildman–Crippen LogP) is 4.21. The van der Waals surface area contributed by atoms with Gasteiger partial charge in [-0.05, 0) is 50.5 Å². The molecule has 0 bridgehead atoms. The Bertz CT molecular complexity index is 579. The second-order valence-corrected chi connectivity index (χ2v) is 5.49. The molecule has 0 spiro atoms. The van der Waals surface area contributed by atoms with E-state index in [1.807, 2.05) is 31.2 Å². The number of benzene rings is 2. The Morgan fingerprint density at radius 2 is 1.65 bits per heavy atom. The first-order valence-corrected chi connectivity index (χ1v) is 7.03. The van der Waals surface area contributed by atoms with E-state index in [1.165, 1.54) is 22.3 Å². The largest absolute Gasteiger partial charge is 0.489 e. The summed E-state index contributed by atoms with van der Waals surface area (Å²) in [6.07, 6.45) is 0. The molecule has 2 aromatic rings. The Labute approximate surface area is 121 Å². The van der Waals surface area contributed by atoms with Gasteiger partial charge in [0.2, 0.25) is 0 Å². The molecular weight excluding hydrogens is 246 g/mol. The minimum Gasteiger partial charge on any atom is -0.489 e. The van der Waals surface area contributed by atoms with Gasteiger partial charge in [-0.2, -0.15) is 0 Å². The molecule has 0 amide bonds. The third kappa shape index (κ3) is 3.20. The highest BCUT2D eigenvalue weighted by Gasteiger charge is 2.09. The Morgan fingerprint density at radius 1 is 1.05 bits per heavy atom. The standard InChI is InChI=1S/C18H23NO/c1-12-9-13(2)17(14(3)10-12)11-20-18-8-6-5-7-16(18)15(4)19/h5-10,15H,11,19H2,1-4H3. The van der Waals surface area contributed by atoms with Crippen molar-refractivity contribution in [2.45, 2.75) is 40.3 Å². The zero-order valence-electron chi connectivity index (χ0n) is 12.7. The SMILES string of the molecule is Cc1cc(C)c(COc2ccccc2C(C)N)c(C)c1. The highest BCUT2D eigenvalue weighted by atomic mass is 16.5. The third-order valence-corrected chi connectivity index (χ3v) is 3.62. The fourth-order valence-corrected chi connectivity index (χ4v) is 2.58. The number of ether oxygens (including phenoxy) is 1. The van der Waals surface area contributed by atoms with Gasteiger partial charge in [0.05, 0.1) is 0 Å². The molecule has 2 aromatic carbocycles. The average molecular weight is 269 g/mol. The molecule has 0 aromatic heterocycles. The summed E-state index contributed by atoms with van der Waals surface area (Å²) in [6, 6.07) is 12.4. The third-order valence-electron chi connectivity index (χ3n) is 3.62. The van der Waals surface area contributed by atoms with E-state index in [-0.39, 0.29) is 6.04 Å². The van der Waals surface area contributed by atoms with Crippen molar-refractivity contribution in [2.24, 2.45) is 5.73 Å². The maximum Gasteiger partial charge on any atom is 0.124 e. The van der Waals surface area contributed by atoms with Gasteiger partial charge in [0.15, 0.2) is 0 Å². The van der Waals surface area contributed by atoms with Crippen molar-refractivity contribution < 1.29 is 4.74 Å². The van der Waals surface area contributed by atoms with Crippen molar-refractivity contribution in [3.05, 3.63) is 64.2 Å². The normalized spacial score (nSPS) is 12.2. The van der Waals surface area contributed by atoms with Gasteiger partial charge in [-0.25, -0.2) is 0 Å². The molecule has 0 aliphatic heterocycles. The van der Waals surface area contributed by atoms with Gasteiger partial charge in [0.25, 0.3) is 0 Å². The molecule has 2 heteroatoms. The van der Waals surface area contributed by atoms with Crippen LogP contribution >= 0.6 is 0 Å². The van der Waals surface area contributed by atoms with Gasteiger partial charge in [-0.1, -0.05) is 35.9 Å². The average Bonchev–Trinajstić information content (AvgIpc) is 2.37. The molecule has 0 saturated heterocycles. The summed E-state index contributed by atoms with van der Waals surface area (Å²) in [7, 11) is 0. The number of hydrogen-bond acceptors (Lipinski definition) is 2.